The molecule has 2 heterocycles. The summed E-state index contributed by atoms with van der Waals surface area (Å²) in [5.41, 5.74) is 0. The molecule has 3 aliphatic rings. The maximum atomic E-state index is 12.2. The number of sulfone groups is 1. The van der Waals surface area contributed by atoms with Gasteiger partial charge in [-0.05, 0) is 12.8 Å². The van der Waals surface area contributed by atoms with Crippen molar-refractivity contribution in [1.29, 1.82) is 0 Å². The van der Waals surface area contributed by atoms with Crippen LogP contribution < -0.4 is 5.32 Å². The molecule has 0 radical (unpaired) electrons. The summed E-state index contributed by atoms with van der Waals surface area (Å²) < 4.78 is 23.3. The zero-order valence-electron chi connectivity index (χ0n) is 9.76. The van der Waals surface area contributed by atoms with Crippen LogP contribution in [0.3, 0.4) is 0 Å². The van der Waals surface area contributed by atoms with Gasteiger partial charge >= 0.3 is 0 Å². The van der Waals surface area contributed by atoms with Crippen LogP contribution in [0.15, 0.2) is 0 Å². The molecule has 96 valence electrons. The molecule has 1 saturated carbocycles. The van der Waals surface area contributed by atoms with E-state index in [1.165, 1.54) is 0 Å². The Kier molecular flexibility index (Phi) is 2.66. The molecule has 3 rings (SSSR count). The van der Waals surface area contributed by atoms with Crippen molar-refractivity contribution in [1.82, 2.24) is 10.2 Å². The second-order valence-corrected chi connectivity index (χ2v) is 7.52. The summed E-state index contributed by atoms with van der Waals surface area (Å²) in [7, 11) is -2.97. The molecule has 2 aliphatic heterocycles. The third kappa shape index (κ3) is 1.97. The quantitative estimate of drug-likeness (QED) is 0.681. The number of amides is 1. The molecule has 0 aromatic rings. The van der Waals surface area contributed by atoms with Gasteiger partial charge in [-0.2, -0.15) is 0 Å². The molecular formula is C11H18N2O3S. The number of piperazine rings is 1. The number of rotatable bonds is 1. The largest absolute Gasteiger partial charge is 0.336 e. The fourth-order valence-corrected chi connectivity index (χ4v) is 4.99. The molecule has 5 nitrogen and oxygen atoms in total. The van der Waals surface area contributed by atoms with Gasteiger partial charge in [-0.25, -0.2) is 8.42 Å². The van der Waals surface area contributed by atoms with Crippen molar-refractivity contribution in [3.63, 3.8) is 0 Å². The molecule has 0 aromatic carbocycles. The van der Waals surface area contributed by atoms with Gasteiger partial charge in [-0.3, -0.25) is 4.79 Å². The first-order valence-corrected chi connectivity index (χ1v) is 8.13. The summed E-state index contributed by atoms with van der Waals surface area (Å²) in [6, 6.07) is -0.167. The smallest absolute Gasteiger partial charge is 0.226 e. The minimum absolute atomic E-state index is 0.0437. The van der Waals surface area contributed by atoms with Crippen molar-refractivity contribution < 1.29 is 13.2 Å². The van der Waals surface area contributed by atoms with E-state index in [9.17, 15) is 13.2 Å². The fraction of sp³-hybridized carbons (Fsp3) is 0.909. The summed E-state index contributed by atoms with van der Waals surface area (Å²) >= 11 is 0. The Morgan fingerprint density at radius 2 is 2.00 bits per heavy atom. The molecule has 3 fully saturated rings. The van der Waals surface area contributed by atoms with E-state index in [2.05, 4.69) is 5.32 Å². The third-order valence-electron chi connectivity index (χ3n) is 4.22. The van der Waals surface area contributed by atoms with Gasteiger partial charge in [0.15, 0.2) is 9.84 Å². The molecule has 2 unspecified atom stereocenters. The van der Waals surface area contributed by atoms with Crippen molar-refractivity contribution in [3.05, 3.63) is 0 Å². The van der Waals surface area contributed by atoms with E-state index in [0.717, 1.165) is 25.8 Å². The fourth-order valence-electron chi connectivity index (χ4n) is 3.03. The van der Waals surface area contributed by atoms with Gasteiger partial charge < -0.3 is 10.2 Å². The highest BCUT2D eigenvalue weighted by atomic mass is 32.2. The predicted molar refractivity (Wildman–Crippen MR) is 63.3 cm³/mol. The first-order valence-electron chi connectivity index (χ1n) is 6.31. The van der Waals surface area contributed by atoms with E-state index in [0.29, 0.717) is 6.54 Å². The van der Waals surface area contributed by atoms with Crippen LogP contribution in [0.25, 0.3) is 0 Å². The van der Waals surface area contributed by atoms with Crippen molar-refractivity contribution in [2.45, 2.75) is 31.3 Å². The molecule has 0 aromatic heterocycles. The van der Waals surface area contributed by atoms with E-state index < -0.39 is 9.84 Å². The zero-order chi connectivity index (χ0) is 12.0. The first-order chi connectivity index (χ1) is 8.07. The molecule has 2 atom stereocenters. The van der Waals surface area contributed by atoms with Crippen LogP contribution in [-0.4, -0.2) is 55.9 Å². The maximum Gasteiger partial charge on any atom is 0.226 e. The van der Waals surface area contributed by atoms with Gasteiger partial charge in [0, 0.05) is 25.0 Å². The molecule has 0 bridgehead atoms. The van der Waals surface area contributed by atoms with Gasteiger partial charge in [-0.1, -0.05) is 6.42 Å². The maximum absolute atomic E-state index is 12.2. The number of fused-ring (bicyclic) bond motifs is 1. The summed E-state index contributed by atoms with van der Waals surface area (Å²) in [4.78, 5) is 14.1. The third-order valence-corrected chi connectivity index (χ3v) is 5.94. The number of nitrogens with one attached hydrogen (secondary N) is 1. The van der Waals surface area contributed by atoms with Crippen LogP contribution in [0.5, 0.6) is 0 Å². The van der Waals surface area contributed by atoms with Gasteiger partial charge in [-0.15, -0.1) is 0 Å². The second-order valence-electron chi connectivity index (χ2n) is 5.36. The Hall–Kier alpha value is -0.620. The predicted octanol–water partition coefficient (Wildman–Crippen LogP) is -0.616. The van der Waals surface area contributed by atoms with E-state index in [4.69, 9.17) is 0 Å². The highest BCUT2D eigenvalue weighted by Gasteiger charge is 2.46. The van der Waals surface area contributed by atoms with Crippen molar-refractivity contribution in [3.8, 4) is 0 Å². The highest BCUT2D eigenvalue weighted by Crippen LogP contribution is 2.31. The van der Waals surface area contributed by atoms with E-state index >= 15 is 0 Å². The SMILES string of the molecule is O=C(C1CCC1)N1CCNC2CS(=O)(=O)CC21. The molecular weight excluding hydrogens is 240 g/mol. The van der Waals surface area contributed by atoms with Crippen LogP contribution >= 0.6 is 0 Å². The average molecular weight is 258 g/mol. The average Bonchev–Trinajstić information content (AvgIpc) is 2.47. The monoisotopic (exact) mass is 258 g/mol. The van der Waals surface area contributed by atoms with Crippen LogP contribution in [0, 0.1) is 5.92 Å². The number of hydrogen-bond acceptors (Lipinski definition) is 4. The van der Waals surface area contributed by atoms with E-state index in [1.54, 1.807) is 0 Å². The van der Waals surface area contributed by atoms with E-state index in [-0.39, 0.29) is 35.4 Å². The molecule has 1 N–H and O–H groups in total. The van der Waals surface area contributed by atoms with E-state index in [1.807, 2.05) is 4.90 Å². The van der Waals surface area contributed by atoms with Gasteiger partial charge in [0.05, 0.1) is 17.5 Å². The highest BCUT2D eigenvalue weighted by molar-refractivity contribution is 7.91. The van der Waals surface area contributed by atoms with Gasteiger partial charge in [0.1, 0.15) is 0 Å². The first kappa shape index (κ1) is 11.5. The molecule has 17 heavy (non-hydrogen) atoms. The number of carbonyl (C=O) groups is 1. The molecule has 2 saturated heterocycles. The van der Waals surface area contributed by atoms with Gasteiger partial charge in [0.25, 0.3) is 0 Å². The number of hydrogen-bond donors (Lipinski definition) is 1. The molecule has 0 spiro atoms. The Balaban J connectivity index is 1.78. The van der Waals surface area contributed by atoms with Crippen LogP contribution in [0.1, 0.15) is 19.3 Å². The number of nitrogens with zero attached hydrogens (tertiary/aromatic N) is 1. The van der Waals surface area contributed by atoms with Crippen molar-refractivity contribution in [2.75, 3.05) is 24.6 Å². The summed E-state index contributed by atoms with van der Waals surface area (Å²) in [5.74, 6) is 0.678. The lowest BCUT2D eigenvalue weighted by Gasteiger charge is -2.40. The Bertz CT molecular complexity index is 430. The van der Waals surface area contributed by atoms with Crippen LogP contribution in [-0.2, 0) is 14.6 Å². The molecule has 1 amide bonds. The lowest BCUT2D eigenvalue weighted by atomic mass is 9.83. The standard InChI is InChI=1S/C11H18N2O3S/c14-11(8-2-1-3-8)13-5-4-12-9-6-17(15,16)7-10(9)13/h8-10,12H,1-7H2. The summed E-state index contributed by atoms with van der Waals surface area (Å²) in [6.07, 6.45) is 3.09. The summed E-state index contributed by atoms with van der Waals surface area (Å²) in [5, 5.41) is 3.22. The summed E-state index contributed by atoms with van der Waals surface area (Å²) in [6.45, 7) is 1.38. The Morgan fingerprint density at radius 3 is 2.65 bits per heavy atom. The zero-order valence-corrected chi connectivity index (χ0v) is 10.6. The van der Waals surface area contributed by atoms with Crippen molar-refractivity contribution >= 4 is 15.7 Å². The van der Waals surface area contributed by atoms with Crippen molar-refractivity contribution in [2.24, 2.45) is 5.92 Å². The van der Waals surface area contributed by atoms with Crippen LogP contribution in [0.2, 0.25) is 0 Å². The Morgan fingerprint density at radius 1 is 1.24 bits per heavy atom. The minimum Gasteiger partial charge on any atom is -0.336 e. The minimum atomic E-state index is -2.97. The normalized spacial score (nSPS) is 36.4. The Labute approximate surface area is 101 Å². The lowest BCUT2D eigenvalue weighted by Crippen LogP contribution is -2.60. The number of carbonyl (C=O) groups excluding carboxylic acids is 1. The second kappa shape index (κ2) is 3.95. The molecule has 1 aliphatic carbocycles. The molecule has 6 heteroatoms. The lowest BCUT2D eigenvalue weighted by molar-refractivity contribution is -0.141. The topological polar surface area (TPSA) is 66.5 Å². The van der Waals surface area contributed by atoms with Crippen LogP contribution in [0.4, 0.5) is 0 Å². The van der Waals surface area contributed by atoms with Gasteiger partial charge in [0.2, 0.25) is 5.91 Å².